The minimum Gasteiger partial charge on any atom is -0.507 e. The van der Waals surface area contributed by atoms with Crippen LogP contribution in [-0.2, 0) is 28.5 Å². The van der Waals surface area contributed by atoms with Crippen LogP contribution in [0.15, 0.2) is 36.4 Å². The molecule has 66 heavy (non-hydrogen) atoms. The first-order valence-electron chi connectivity index (χ1n) is 20.5. The number of ketones is 2. The number of nitrogens with one attached hydrogen (secondary N) is 1. The van der Waals surface area contributed by atoms with Crippen LogP contribution in [0.5, 0.6) is 23.0 Å². The molecule has 22 heteroatoms. The van der Waals surface area contributed by atoms with Crippen molar-refractivity contribution in [2.75, 3.05) is 27.3 Å². The third kappa shape index (κ3) is 8.25. The third-order valence-electron chi connectivity index (χ3n) is 12.2. The molecule has 0 saturated carbocycles. The van der Waals surface area contributed by atoms with E-state index >= 15 is 0 Å². The number of carboxylic acids is 2. The van der Waals surface area contributed by atoms with Crippen molar-refractivity contribution in [2.45, 2.75) is 94.3 Å². The number of benzene rings is 3. The first kappa shape index (κ1) is 47.9. The Morgan fingerprint density at radius 2 is 1.52 bits per heavy atom. The predicted octanol–water partition coefficient (Wildman–Crippen LogP) is -0.258. The molecule has 0 bridgehead atoms. The van der Waals surface area contributed by atoms with Crippen LogP contribution < -0.4 is 10.1 Å². The molecule has 3 aromatic carbocycles. The third-order valence-corrected chi connectivity index (χ3v) is 12.2. The minimum absolute atomic E-state index is 0.00526. The van der Waals surface area contributed by atoms with Gasteiger partial charge in [-0.1, -0.05) is 12.1 Å². The molecule has 2 saturated heterocycles. The van der Waals surface area contributed by atoms with Gasteiger partial charge in [0.15, 0.2) is 24.1 Å². The van der Waals surface area contributed by atoms with E-state index in [0.717, 1.165) is 18.2 Å². The van der Waals surface area contributed by atoms with E-state index < -0.39 is 160 Å². The lowest BCUT2D eigenvalue weighted by molar-refractivity contribution is -0.345. The number of hydrogen-bond acceptors (Lipinski definition) is 19. The molecule has 2 fully saturated rings. The number of fused-ring (bicyclic) bond motifs is 5. The molecule has 354 valence electrons. The van der Waals surface area contributed by atoms with Gasteiger partial charge in [0.05, 0.1) is 42.6 Å². The molecule has 1 amide bonds. The first-order valence-corrected chi connectivity index (χ1v) is 20.5. The van der Waals surface area contributed by atoms with Crippen LogP contribution in [0, 0.1) is 6.92 Å². The summed E-state index contributed by atoms with van der Waals surface area (Å²) in [5.41, 5.74) is -3.74. The Balaban J connectivity index is 1.36. The number of ether oxygens (including phenoxy) is 5. The van der Waals surface area contributed by atoms with Gasteiger partial charge < -0.3 is 80.1 Å². The lowest BCUT2D eigenvalue weighted by atomic mass is 9.74. The van der Waals surface area contributed by atoms with E-state index in [2.05, 4.69) is 5.32 Å². The van der Waals surface area contributed by atoms with Crippen molar-refractivity contribution >= 4 is 29.4 Å². The highest BCUT2D eigenvalue weighted by atomic mass is 16.7. The van der Waals surface area contributed by atoms with Gasteiger partial charge >= 0.3 is 11.9 Å². The van der Waals surface area contributed by atoms with E-state index in [1.807, 2.05) is 0 Å². The molecule has 0 spiro atoms. The van der Waals surface area contributed by atoms with Gasteiger partial charge in [-0.05, 0) is 56.6 Å². The van der Waals surface area contributed by atoms with Crippen LogP contribution in [0.1, 0.15) is 84.9 Å². The summed E-state index contributed by atoms with van der Waals surface area (Å²) >= 11 is 0. The summed E-state index contributed by atoms with van der Waals surface area (Å²) < 4.78 is 29.3. The van der Waals surface area contributed by atoms with Crippen LogP contribution in [0.3, 0.4) is 0 Å². The summed E-state index contributed by atoms with van der Waals surface area (Å²) in [5, 5.41) is 112. The highest BCUT2D eigenvalue weighted by Gasteiger charge is 2.52. The van der Waals surface area contributed by atoms with Crippen LogP contribution in [-0.4, -0.2) is 174 Å². The Labute approximate surface area is 374 Å². The maximum absolute atomic E-state index is 14.2. The highest BCUT2D eigenvalue weighted by Crippen LogP contribution is 2.57. The number of aliphatic hydroxyl groups is 5. The average Bonchev–Trinajstić information content (AvgIpc) is 3.25. The van der Waals surface area contributed by atoms with Crippen molar-refractivity contribution in [1.82, 2.24) is 10.2 Å². The van der Waals surface area contributed by atoms with Gasteiger partial charge in [0, 0.05) is 40.9 Å². The topological polar surface area (TPSA) is 349 Å². The predicted molar refractivity (Wildman–Crippen MR) is 221 cm³/mol. The van der Waals surface area contributed by atoms with Crippen molar-refractivity contribution in [3.05, 3.63) is 80.9 Å². The van der Waals surface area contributed by atoms with Crippen LogP contribution in [0.2, 0.25) is 0 Å². The summed E-state index contributed by atoms with van der Waals surface area (Å²) in [6.45, 7) is 3.54. The molecule has 3 aromatic rings. The molecule has 12 atom stereocenters. The minimum atomic E-state index is -1.96. The molecular formula is C44H48N2O20. The summed E-state index contributed by atoms with van der Waals surface area (Å²) in [6.07, 6.45) is -14.5. The standard InChI is InChI=1S/C44H48N2O20/c1-14-9-21-28(35(55)25(14)41(59)45-15(2)42(60)61)27-19(12-20-29(36(27)56)32(52)18-10-17(62-5)11-22(47)26(18)31(20)51)33(53)39(21)65-44-38(58)40(66-43-37(57)34(54)23(48)13-63-43)30(16(3)64-44)46(4)8-6-7-24(49)50/h6-7,9-12,15-16,23,30,33-34,37-40,43-44,47-48,53-58H,8,13H2,1-5H3,(H,45,59)(H,49,50)(H,60,61)/b7-6+/t15?,16?,23?,30?,33-,34?,37?,38?,39-,40?,43?,44?/m0/s1. The van der Waals surface area contributed by atoms with Gasteiger partial charge in [0.1, 0.15) is 71.8 Å². The number of amides is 1. The maximum Gasteiger partial charge on any atom is 0.328 e. The number of methoxy groups -OCH3 is 1. The Morgan fingerprint density at radius 3 is 2.17 bits per heavy atom. The first-order chi connectivity index (χ1) is 31.1. The van der Waals surface area contributed by atoms with Gasteiger partial charge in [-0.2, -0.15) is 0 Å². The van der Waals surface area contributed by atoms with Gasteiger partial charge in [0.2, 0.25) is 0 Å². The Hall–Kier alpha value is -6.05. The zero-order valence-corrected chi connectivity index (χ0v) is 35.8. The van der Waals surface area contributed by atoms with Gasteiger partial charge in [-0.15, -0.1) is 0 Å². The number of aliphatic hydroxyl groups excluding tert-OH is 5. The number of phenols is 3. The molecule has 2 aliphatic heterocycles. The summed E-state index contributed by atoms with van der Waals surface area (Å²) in [5.74, 6) is -8.11. The fraction of sp³-hybridized carbons (Fsp3) is 0.432. The molecule has 0 aromatic heterocycles. The lowest BCUT2D eigenvalue weighted by Crippen LogP contribution is -2.65. The molecule has 10 unspecified atom stereocenters. The van der Waals surface area contributed by atoms with Gasteiger partial charge in [0.25, 0.3) is 5.91 Å². The van der Waals surface area contributed by atoms with E-state index in [0.29, 0.717) is 0 Å². The SMILES string of the molecule is COc1cc(O)c2c(c1)C(=O)c1c(cc3c(c1O)-c1c(cc(C)c(C(=O)NC(C)C(=O)O)c1O)[C@H](OC1OC(C)C(N(C)C/C=C/C(=O)O)C(OC4OCC(O)C(O)C4O)C1O)[C@H]3O)C2=O. The molecule has 2 heterocycles. The monoisotopic (exact) mass is 924 g/mol. The summed E-state index contributed by atoms with van der Waals surface area (Å²) in [6, 6.07) is 2.13. The largest absolute Gasteiger partial charge is 0.507 e. The van der Waals surface area contributed by atoms with Crippen LogP contribution in [0.4, 0.5) is 0 Å². The fourth-order valence-electron chi connectivity index (χ4n) is 8.93. The van der Waals surface area contributed by atoms with Crippen LogP contribution in [0.25, 0.3) is 11.1 Å². The molecule has 22 nitrogen and oxygen atoms in total. The summed E-state index contributed by atoms with van der Waals surface area (Å²) in [4.78, 5) is 66.4. The Bertz CT molecular complexity index is 2530. The number of aryl methyl sites for hydroxylation is 1. The van der Waals surface area contributed by atoms with Crippen molar-refractivity contribution < 1.29 is 98.7 Å². The smallest absolute Gasteiger partial charge is 0.328 e. The second kappa shape index (κ2) is 18.3. The molecule has 2 aliphatic carbocycles. The zero-order valence-electron chi connectivity index (χ0n) is 35.8. The van der Waals surface area contributed by atoms with E-state index in [1.54, 1.807) is 11.9 Å². The molecular weight excluding hydrogens is 876 g/mol. The lowest BCUT2D eigenvalue weighted by Gasteiger charge is -2.49. The van der Waals surface area contributed by atoms with Gasteiger partial charge in [-0.25, -0.2) is 4.79 Å². The van der Waals surface area contributed by atoms with Crippen molar-refractivity contribution in [2.24, 2.45) is 0 Å². The fourth-order valence-corrected chi connectivity index (χ4v) is 8.93. The number of hydrogen-bond donors (Lipinski definition) is 11. The number of aliphatic carboxylic acids is 2. The maximum atomic E-state index is 14.2. The molecule has 4 aliphatic rings. The quantitative estimate of drug-likeness (QED) is 0.0816. The number of rotatable bonds is 12. The van der Waals surface area contributed by atoms with E-state index in [1.165, 1.54) is 46.1 Å². The second-order valence-corrected chi connectivity index (χ2v) is 16.5. The van der Waals surface area contributed by atoms with Gasteiger partial charge in [-0.3, -0.25) is 24.1 Å². The number of carbonyl (C=O) groups excluding carboxylic acids is 3. The second-order valence-electron chi connectivity index (χ2n) is 16.5. The van der Waals surface area contributed by atoms with E-state index in [-0.39, 0.29) is 34.5 Å². The normalized spacial score (nSPS) is 28.6. The van der Waals surface area contributed by atoms with Crippen molar-refractivity contribution in [3.63, 3.8) is 0 Å². The van der Waals surface area contributed by atoms with E-state index in [9.17, 15) is 75.0 Å². The molecule has 0 radical (unpaired) electrons. The van der Waals surface area contributed by atoms with Crippen molar-refractivity contribution in [1.29, 1.82) is 0 Å². The molecule has 7 rings (SSSR count). The zero-order chi connectivity index (χ0) is 48.4. The Kier molecular flexibility index (Phi) is 13.3. The Morgan fingerprint density at radius 1 is 0.864 bits per heavy atom. The molecule has 11 N–H and O–H groups in total. The number of likely N-dealkylation sites (N-methyl/N-ethyl adjacent to an activating group) is 1. The number of nitrogens with zero attached hydrogens (tertiary/aromatic N) is 1. The average molecular weight is 925 g/mol. The summed E-state index contributed by atoms with van der Waals surface area (Å²) in [7, 11) is 2.79. The number of carbonyl (C=O) groups is 5. The highest BCUT2D eigenvalue weighted by molar-refractivity contribution is 6.31. The number of phenolic OH excluding ortho intramolecular Hbond substituents is 3. The number of carboxylic acid groups (broad SMARTS) is 2. The van der Waals surface area contributed by atoms with Crippen molar-refractivity contribution in [3.8, 4) is 34.1 Å². The number of aromatic hydroxyl groups is 3. The van der Waals surface area contributed by atoms with E-state index in [4.69, 9.17) is 23.7 Å². The van der Waals surface area contributed by atoms with Crippen LogP contribution >= 0.6 is 0 Å².